The van der Waals surface area contributed by atoms with Gasteiger partial charge in [0.2, 0.25) is 0 Å². The molecular weight excluding hydrogens is 250 g/mol. The van der Waals surface area contributed by atoms with E-state index in [0.29, 0.717) is 29.7 Å². The van der Waals surface area contributed by atoms with E-state index in [9.17, 15) is 4.79 Å². The molecule has 0 saturated heterocycles. The monoisotopic (exact) mass is 269 g/mol. The smallest absolute Gasteiger partial charge is 0.261 e. The maximum atomic E-state index is 11.9. The van der Waals surface area contributed by atoms with E-state index in [2.05, 4.69) is 19.2 Å². The summed E-state index contributed by atoms with van der Waals surface area (Å²) in [5.41, 5.74) is 0. The van der Waals surface area contributed by atoms with E-state index in [1.165, 1.54) is 0 Å². The fourth-order valence-electron chi connectivity index (χ4n) is 1.45. The average Bonchev–Trinajstić information content (AvgIpc) is 2.33. The zero-order valence-corrected chi connectivity index (χ0v) is 11.8. The third-order valence-corrected chi connectivity index (χ3v) is 2.66. The van der Waals surface area contributed by atoms with Gasteiger partial charge in [0, 0.05) is 11.6 Å². The van der Waals surface area contributed by atoms with Crippen molar-refractivity contribution >= 4 is 17.5 Å². The van der Waals surface area contributed by atoms with Gasteiger partial charge in [-0.25, -0.2) is 0 Å². The highest BCUT2D eigenvalue weighted by atomic mass is 35.5. The summed E-state index contributed by atoms with van der Waals surface area (Å²) < 4.78 is 5.64. The highest BCUT2D eigenvalue weighted by Gasteiger charge is 2.18. The van der Waals surface area contributed by atoms with Crippen LogP contribution in [0.15, 0.2) is 24.3 Å². The molecule has 18 heavy (non-hydrogen) atoms. The van der Waals surface area contributed by atoms with Crippen LogP contribution < -0.4 is 10.1 Å². The lowest BCUT2D eigenvalue weighted by molar-refractivity contribution is -0.128. The molecule has 0 aromatic heterocycles. The number of hydrogen-bond donors (Lipinski definition) is 1. The van der Waals surface area contributed by atoms with E-state index in [4.69, 9.17) is 16.3 Å². The van der Waals surface area contributed by atoms with E-state index >= 15 is 0 Å². The molecule has 1 atom stereocenters. The lowest BCUT2D eigenvalue weighted by Gasteiger charge is -2.18. The van der Waals surface area contributed by atoms with Crippen LogP contribution in [0.2, 0.25) is 5.02 Å². The molecule has 3 nitrogen and oxygen atoms in total. The van der Waals surface area contributed by atoms with Gasteiger partial charge in [-0.1, -0.05) is 38.4 Å². The number of benzene rings is 1. The average molecular weight is 270 g/mol. The summed E-state index contributed by atoms with van der Waals surface area (Å²) >= 11 is 5.87. The van der Waals surface area contributed by atoms with Crippen molar-refractivity contribution in [1.82, 2.24) is 5.32 Å². The summed E-state index contributed by atoms with van der Waals surface area (Å²) in [6.07, 6.45) is 0.151. The Labute approximate surface area is 113 Å². The summed E-state index contributed by atoms with van der Waals surface area (Å²) in [7, 11) is 0. The number of rotatable bonds is 6. The van der Waals surface area contributed by atoms with Gasteiger partial charge < -0.3 is 10.1 Å². The molecule has 1 N–H and O–H groups in total. The van der Waals surface area contributed by atoms with Crippen LogP contribution in [0.1, 0.15) is 27.2 Å². The number of ether oxygens (including phenoxy) is 1. The van der Waals surface area contributed by atoms with Crippen LogP contribution in [-0.4, -0.2) is 18.6 Å². The standard InChI is InChI=1S/C14H20ClNO2/c1-4-13(14(17)16-9-10(2)3)18-12-7-5-6-11(15)8-12/h5-8,10,13H,4,9H2,1-3H3,(H,16,17). The molecule has 0 aliphatic rings. The summed E-state index contributed by atoms with van der Waals surface area (Å²) in [4.78, 5) is 11.9. The van der Waals surface area contributed by atoms with Gasteiger partial charge in [0.25, 0.3) is 5.91 Å². The molecule has 1 aromatic carbocycles. The first-order chi connectivity index (χ1) is 8.52. The molecule has 1 unspecified atom stereocenters. The number of amides is 1. The molecule has 0 bridgehead atoms. The van der Waals surface area contributed by atoms with Gasteiger partial charge in [-0.05, 0) is 30.5 Å². The minimum atomic E-state index is -0.470. The maximum absolute atomic E-state index is 11.9. The van der Waals surface area contributed by atoms with E-state index in [-0.39, 0.29) is 5.91 Å². The van der Waals surface area contributed by atoms with Crippen molar-refractivity contribution < 1.29 is 9.53 Å². The van der Waals surface area contributed by atoms with Gasteiger partial charge in [0.1, 0.15) is 5.75 Å². The number of carbonyl (C=O) groups excluding carboxylic acids is 1. The highest BCUT2D eigenvalue weighted by molar-refractivity contribution is 6.30. The van der Waals surface area contributed by atoms with E-state index in [0.717, 1.165) is 0 Å². The van der Waals surface area contributed by atoms with E-state index < -0.39 is 6.10 Å². The Morgan fingerprint density at radius 2 is 2.17 bits per heavy atom. The Morgan fingerprint density at radius 3 is 2.72 bits per heavy atom. The molecule has 100 valence electrons. The van der Waals surface area contributed by atoms with Crippen molar-refractivity contribution in [3.05, 3.63) is 29.3 Å². The molecule has 0 heterocycles. The summed E-state index contributed by atoms with van der Waals surface area (Å²) in [5, 5.41) is 3.47. The number of halogens is 1. The molecule has 1 rings (SSSR count). The number of carbonyl (C=O) groups is 1. The molecule has 4 heteroatoms. The van der Waals surface area contributed by atoms with E-state index in [1.807, 2.05) is 6.92 Å². The van der Waals surface area contributed by atoms with E-state index in [1.54, 1.807) is 24.3 Å². The maximum Gasteiger partial charge on any atom is 0.261 e. The van der Waals surface area contributed by atoms with Gasteiger partial charge in [0.15, 0.2) is 6.10 Å². The van der Waals surface area contributed by atoms with Crippen LogP contribution in [0.3, 0.4) is 0 Å². The van der Waals surface area contributed by atoms with Crippen molar-refractivity contribution in [2.75, 3.05) is 6.54 Å². The molecule has 0 saturated carbocycles. The molecule has 0 radical (unpaired) electrons. The molecule has 0 fully saturated rings. The molecule has 0 aliphatic carbocycles. The number of nitrogens with one attached hydrogen (secondary N) is 1. The predicted octanol–water partition coefficient (Wildman–Crippen LogP) is 3.27. The SMILES string of the molecule is CCC(Oc1cccc(Cl)c1)C(=O)NCC(C)C. The van der Waals surface area contributed by atoms with Crippen LogP contribution in [0, 0.1) is 5.92 Å². The zero-order chi connectivity index (χ0) is 13.5. The second kappa shape index (κ2) is 7.27. The predicted molar refractivity (Wildman–Crippen MR) is 74.0 cm³/mol. The van der Waals surface area contributed by atoms with Crippen molar-refractivity contribution in [3.63, 3.8) is 0 Å². The van der Waals surface area contributed by atoms with Crippen molar-refractivity contribution in [2.45, 2.75) is 33.3 Å². The van der Waals surface area contributed by atoms with Crippen LogP contribution in [0.25, 0.3) is 0 Å². The van der Waals surface area contributed by atoms with Crippen LogP contribution in [-0.2, 0) is 4.79 Å². The summed E-state index contributed by atoms with van der Waals surface area (Å²) in [6, 6.07) is 7.08. The normalized spacial score (nSPS) is 12.3. The van der Waals surface area contributed by atoms with Gasteiger partial charge in [-0.2, -0.15) is 0 Å². The topological polar surface area (TPSA) is 38.3 Å². The Kier molecular flexibility index (Phi) is 5.99. The molecule has 0 aliphatic heterocycles. The minimum absolute atomic E-state index is 0.0776. The second-order valence-electron chi connectivity index (χ2n) is 4.61. The van der Waals surface area contributed by atoms with Crippen molar-refractivity contribution in [3.8, 4) is 5.75 Å². The Morgan fingerprint density at radius 1 is 1.44 bits per heavy atom. The Bertz CT molecular complexity index is 393. The lowest BCUT2D eigenvalue weighted by atomic mass is 10.2. The van der Waals surface area contributed by atoms with Crippen molar-refractivity contribution in [1.29, 1.82) is 0 Å². The Balaban J connectivity index is 2.58. The lowest BCUT2D eigenvalue weighted by Crippen LogP contribution is -2.39. The quantitative estimate of drug-likeness (QED) is 0.861. The molecular formula is C14H20ClNO2. The van der Waals surface area contributed by atoms with Crippen LogP contribution >= 0.6 is 11.6 Å². The van der Waals surface area contributed by atoms with Crippen LogP contribution in [0.4, 0.5) is 0 Å². The summed E-state index contributed by atoms with van der Waals surface area (Å²) in [5.74, 6) is 0.970. The first kappa shape index (κ1) is 14.8. The first-order valence-corrected chi connectivity index (χ1v) is 6.60. The van der Waals surface area contributed by atoms with Gasteiger partial charge in [-0.15, -0.1) is 0 Å². The fourth-order valence-corrected chi connectivity index (χ4v) is 1.63. The second-order valence-corrected chi connectivity index (χ2v) is 5.05. The third kappa shape index (κ3) is 4.96. The zero-order valence-electron chi connectivity index (χ0n) is 11.1. The minimum Gasteiger partial charge on any atom is -0.481 e. The first-order valence-electron chi connectivity index (χ1n) is 6.22. The third-order valence-electron chi connectivity index (χ3n) is 2.42. The Hall–Kier alpha value is -1.22. The van der Waals surface area contributed by atoms with Crippen molar-refractivity contribution in [2.24, 2.45) is 5.92 Å². The molecule has 1 aromatic rings. The largest absolute Gasteiger partial charge is 0.481 e. The highest BCUT2D eigenvalue weighted by Crippen LogP contribution is 2.19. The van der Waals surface area contributed by atoms with Gasteiger partial charge >= 0.3 is 0 Å². The van der Waals surface area contributed by atoms with Crippen LogP contribution in [0.5, 0.6) is 5.75 Å². The molecule has 1 amide bonds. The fraction of sp³-hybridized carbons (Fsp3) is 0.500. The van der Waals surface area contributed by atoms with Gasteiger partial charge in [-0.3, -0.25) is 4.79 Å². The number of hydrogen-bond acceptors (Lipinski definition) is 2. The summed E-state index contributed by atoms with van der Waals surface area (Å²) in [6.45, 7) is 6.69. The van der Waals surface area contributed by atoms with Gasteiger partial charge in [0.05, 0.1) is 0 Å². The molecule has 0 spiro atoms.